The fraction of sp³-hybridized carbons (Fsp3) is 0.400. The third-order valence-electron chi connectivity index (χ3n) is 4.66. The SMILES string of the molecule is NCCCCCCCC1c2ccccc2-c2ccccc21. The average molecular weight is 279 g/mol. The summed E-state index contributed by atoms with van der Waals surface area (Å²) in [6.07, 6.45) is 7.71. The molecule has 0 saturated heterocycles. The lowest BCUT2D eigenvalue weighted by molar-refractivity contribution is 0.577. The Morgan fingerprint density at radius 3 is 1.81 bits per heavy atom. The number of rotatable bonds is 7. The summed E-state index contributed by atoms with van der Waals surface area (Å²) in [7, 11) is 0. The molecule has 0 aromatic heterocycles. The minimum absolute atomic E-state index is 0.604. The van der Waals surface area contributed by atoms with Gasteiger partial charge in [0, 0.05) is 5.92 Å². The smallest absolute Gasteiger partial charge is 0.0102 e. The van der Waals surface area contributed by atoms with E-state index in [0.717, 1.165) is 6.54 Å². The third kappa shape index (κ3) is 3.03. The molecule has 0 spiro atoms. The molecule has 21 heavy (non-hydrogen) atoms. The van der Waals surface area contributed by atoms with E-state index in [1.807, 2.05) is 0 Å². The van der Waals surface area contributed by atoms with Gasteiger partial charge in [-0.05, 0) is 41.6 Å². The molecule has 1 heteroatoms. The number of benzene rings is 2. The normalized spacial score (nSPS) is 13.2. The molecular formula is C20H25N. The standard InChI is InChI=1S/C20H25N/c21-15-9-3-1-2-4-10-16-17-11-5-7-13-19(17)20-14-8-6-12-18(16)20/h5-8,11-14,16H,1-4,9-10,15,21H2. The molecule has 110 valence electrons. The van der Waals surface area contributed by atoms with E-state index in [1.165, 1.54) is 60.8 Å². The molecule has 0 heterocycles. The van der Waals surface area contributed by atoms with Crippen molar-refractivity contribution >= 4 is 0 Å². The van der Waals surface area contributed by atoms with Gasteiger partial charge in [-0.2, -0.15) is 0 Å². The van der Waals surface area contributed by atoms with Crippen molar-refractivity contribution in [1.29, 1.82) is 0 Å². The molecule has 0 bridgehead atoms. The van der Waals surface area contributed by atoms with Crippen molar-refractivity contribution in [1.82, 2.24) is 0 Å². The van der Waals surface area contributed by atoms with Crippen LogP contribution in [0.1, 0.15) is 55.6 Å². The highest BCUT2D eigenvalue weighted by Crippen LogP contribution is 2.46. The van der Waals surface area contributed by atoms with Gasteiger partial charge in [-0.15, -0.1) is 0 Å². The van der Waals surface area contributed by atoms with Crippen molar-refractivity contribution in [3.8, 4) is 11.1 Å². The van der Waals surface area contributed by atoms with Gasteiger partial charge in [0.15, 0.2) is 0 Å². The summed E-state index contributed by atoms with van der Waals surface area (Å²) in [6.45, 7) is 0.837. The van der Waals surface area contributed by atoms with Crippen LogP contribution < -0.4 is 5.73 Å². The van der Waals surface area contributed by atoms with Gasteiger partial charge in [-0.1, -0.05) is 74.2 Å². The Balaban J connectivity index is 1.68. The van der Waals surface area contributed by atoms with Gasteiger partial charge < -0.3 is 5.73 Å². The Kier molecular flexibility index (Phi) is 4.72. The van der Waals surface area contributed by atoms with E-state index in [-0.39, 0.29) is 0 Å². The highest BCUT2D eigenvalue weighted by Gasteiger charge is 2.27. The topological polar surface area (TPSA) is 26.0 Å². The van der Waals surface area contributed by atoms with Crippen LogP contribution in [0, 0.1) is 0 Å². The van der Waals surface area contributed by atoms with Crippen molar-refractivity contribution in [2.45, 2.75) is 44.4 Å². The molecule has 0 atom stereocenters. The first kappa shape index (κ1) is 14.3. The fourth-order valence-electron chi connectivity index (χ4n) is 3.59. The molecule has 0 unspecified atom stereocenters. The first-order chi connectivity index (χ1) is 10.4. The lowest BCUT2D eigenvalue weighted by Gasteiger charge is -2.13. The largest absolute Gasteiger partial charge is 0.330 e. The van der Waals surface area contributed by atoms with Gasteiger partial charge in [0.2, 0.25) is 0 Å². The molecule has 0 fully saturated rings. The maximum absolute atomic E-state index is 5.55. The highest BCUT2D eigenvalue weighted by atomic mass is 14.5. The summed E-state index contributed by atoms with van der Waals surface area (Å²) < 4.78 is 0. The van der Waals surface area contributed by atoms with E-state index in [9.17, 15) is 0 Å². The predicted molar refractivity (Wildman–Crippen MR) is 90.5 cm³/mol. The van der Waals surface area contributed by atoms with E-state index < -0.39 is 0 Å². The number of hydrogen-bond donors (Lipinski definition) is 1. The van der Waals surface area contributed by atoms with E-state index in [1.54, 1.807) is 0 Å². The molecule has 0 saturated carbocycles. The Labute approximate surface area is 128 Å². The first-order valence-corrected chi connectivity index (χ1v) is 8.30. The summed E-state index contributed by atoms with van der Waals surface area (Å²) in [5.41, 5.74) is 11.5. The Morgan fingerprint density at radius 1 is 0.667 bits per heavy atom. The molecule has 0 amide bonds. The Bertz CT molecular complexity index is 542. The van der Waals surface area contributed by atoms with Gasteiger partial charge in [-0.25, -0.2) is 0 Å². The lowest BCUT2D eigenvalue weighted by atomic mass is 9.91. The predicted octanol–water partition coefficient (Wildman–Crippen LogP) is 5.10. The molecule has 2 N–H and O–H groups in total. The van der Waals surface area contributed by atoms with Crippen molar-refractivity contribution in [3.63, 3.8) is 0 Å². The third-order valence-corrected chi connectivity index (χ3v) is 4.66. The molecule has 1 aliphatic carbocycles. The number of hydrogen-bond acceptors (Lipinski definition) is 1. The van der Waals surface area contributed by atoms with Crippen molar-refractivity contribution in [2.75, 3.05) is 6.54 Å². The fourth-order valence-corrected chi connectivity index (χ4v) is 3.59. The van der Waals surface area contributed by atoms with Gasteiger partial charge >= 0.3 is 0 Å². The van der Waals surface area contributed by atoms with Gasteiger partial charge in [0.1, 0.15) is 0 Å². The van der Waals surface area contributed by atoms with Crippen LogP contribution in [0.25, 0.3) is 11.1 Å². The van der Waals surface area contributed by atoms with E-state index >= 15 is 0 Å². The molecule has 2 aromatic carbocycles. The average Bonchev–Trinajstić information content (AvgIpc) is 2.85. The van der Waals surface area contributed by atoms with Crippen LogP contribution in [-0.4, -0.2) is 6.54 Å². The summed E-state index contributed by atoms with van der Waals surface area (Å²) in [5.74, 6) is 0.604. The quantitative estimate of drug-likeness (QED) is 0.701. The molecule has 3 rings (SSSR count). The van der Waals surface area contributed by atoms with Crippen LogP contribution in [0.3, 0.4) is 0 Å². The zero-order valence-corrected chi connectivity index (χ0v) is 12.7. The second-order valence-corrected chi connectivity index (χ2v) is 6.07. The molecule has 1 aliphatic rings. The number of unbranched alkanes of at least 4 members (excludes halogenated alkanes) is 4. The maximum atomic E-state index is 5.55. The second-order valence-electron chi connectivity index (χ2n) is 6.07. The van der Waals surface area contributed by atoms with Crippen LogP contribution in [0.5, 0.6) is 0 Å². The number of nitrogens with two attached hydrogens (primary N) is 1. The second kappa shape index (κ2) is 6.91. The zero-order chi connectivity index (χ0) is 14.5. The van der Waals surface area contributed by atoms with Gasteiger partial charge in [0.25, 0.3) is 0 Å². The van der Waals surface area contributed by atoms with Crippen LogP contribution >= 0.6 is 0 Å². The van der Waals surface area contributed by atoms with Gasteiger partial charge in [-0.3, -0.25) is 0 Å². The van der Waals surface area contributed by atoms with Crippen LogP contribution in [-0.2, 0) is 0 Å². The summed E-state index contributed by atoms with van der Waals surface area (Å²) in [6, 6.07) is 17.8. The summed E-state index contributed by atoms with van der Waals surface area (Å²) in [5, 5.41) is 0. The molecular weight excluding hydrogens is 254 g/mol. The monoisotopic (exact) mass is 279 g/mol. The highest BCUT2D eigenvalue weighted by molar-refractivity contribution is 5.78. The summed E-state index contributed by atoms with van der Waals surface area (Å²) >= 11 is 0. The zero-order valence-electron chi connectivity index (χ0n) is 12.7. The molecule has 0 radical (unpaired) electrons. The number of fused-ring (bicyclic) bond motifs is 3. The van der Waals surface area contributed by atoms with Crippen LogP contribution in [0.4, 0.5) is 0 Å². The first-order valence-electron chi connectivity index (χ1n) is 8.30. The van der Waals surface area contributed by atoms with Crippen LogP contribution in [0.15, 0.2) is 48.5 Å². The Morgan fingerprint density at radius 2 is 1.19 bits per heavy atom. The minimum atomic E-state index is 0.604. The maximum Gasteiger partial charge on any atom is 0.0102 e. The van der Waals surface area contributed by atoms with E-state index in [0.29, 0.717) is 5.92 Å². The van der Waals surface area contributed by atoms with Crippen LogP contribution in [0.2, 0.25) is 0 Å². The molecule has 1 nitrogen and oxygen atoms in total. The van der Waals surface area contributed by atoms with Crippen molar-refractivity contribution < 1.29 is 0 Å². The van der Waals surface area contributed by atoms with E-state index in [2.05, 4.69) is 48.5 Å². The Hall–Kier alpha value is -1.60. The summed E-state index contributed by atoms with van der Waals surface area (Å²) in [4.78, 5) is 0. The van der Waals surface area contributed by atoms with E-state index in [4.69, 9.17) is 5.73 Å². The lowest BCUT2D eigenvalue weighted by Crippen LogP contribution is -1.98. The van der Waals surface area contributed by atoms with Crippen molar-refractivity contribution in [2.24, 2.45) is 5.73 Å². The minimum Gasteiger partial charge on any atom is -0.330 e. The molecule has 0 aliphatic heterocycles. The van der Waals surface area contributed by atoms with Gasteiger partial charge in [0.05, 0.1) is 0 Å². The molecule has 2 aromatic rings. The van der Waals surface area contributed by atoms with Crippen molar-refractivity contribution in [3.05, 3.63) is 59.7 Å².